The van der Waals surface area contributed by atoms with Crippen LogP contribution in [0, 0.1) is 6.92 Å². The van der Waals surface area contributed by atoms with Crippen molar-refractivity contribution in [3.05, 3.63) is 51.3 Å². The average molecular weight is 385 g/mol. The van der Waals surface area contributed by atoms with Crippen molar-refractivity contribution in [3.63, 3.8) is 0 Å². The van der Waals surface area contributed by atoms with Crippen LogP contribution in [0.2, 0.25) is 5.02 Å². The van der Waals surface area contributed by atoms with Crippen molar-refractivity contribution >= 4 is 50.3 Å². The molecule has 2 heterocycles. The number of imidazole rings is 1. The minimum Gasteiger partial charge on any atom is -0.279 e. The maximum atomic E-state index is 6.28. The predicted octanol–water partition coefficient (Wildman–Crippen LogP) is 4.93. The summed E-state index contributed by atoms with van der Waals surface area (Å²) in [6.45, 7) is 1.97. The van der Waals surface area contributed by atoms with Crippen LogP contribution >= 0.6 is 39.1 Å². The summed E-state index contributed by atoms with van der Waals surface area (Å²) in [5.41, 5.74) is 3.59. The molecule has 6 heteroatoms. The molecular formula is C15H12BrCl2N3. The number of rotatable bonds is 3. The van der Waals surface area contributed by atoms with E-state index in [1.54, 1.807) is 6.20 Å². The largest absolute Gasteiger partial charge is 0.279 e. The van der Waals surface area contributed by atoms with E-state index in [0.29, 0.717) is 17.3 Å². The van der Waals surface area contributed by atoms with E-state index in [-0.39, 0.29) is 0 Å². The monoisotopic (exact) mass is 383 g/mol. The number of benzene rings is 1. The molecule has 0 saturated carbocycles. The molecule has 0 radical (unpaired) electrons. The van der Waals surface area contributed by atoms with Crippen LogP contribution in [0.5, 0.6) is 0 Å². The van der Waals surface area contributed by atoms with Gasteiger partial charge in [-0.05, 0) is 52.7 Å². The van der Waals surface area contributed by atoms with Crippen molar-refractivity contribution in [2.75, 3.05) is 5.88 Å². The van der Waals surface area contributed by atoms with Gasteiger partial charge in [-0.15, -0.1) is 11.6 Å². The summed E-state index contributed by atoms with van der Waals surface area (Å²) in [6, 6.07) is 7.74. The Morgan fingerprint density at radius 1 is 1.33 bits per heavy atom. The molecule has 0 unspecified atom stereocenters. The van der Waals surface area contributed by atoms with Gasteiger partial charge in [0.2, 0.25) is 0 Å². The SMILES string of the molecule is Cc1cc(Br)c(-n2c(CCCl)nc3cccnc32)cc1Cl. The number of hydrogen-bond acceptors (Lipinski definition) is 2. The van der Waals surface area contributed by atoms with Gasteiger partial charge in [-0.3, -0.25) is 4.57 Å². The topological polar surface area (TPSA) is 30.7 Å². The van der Waals surface area contributed by atoms with Crippen molar-refractivity contribution in [1.29, 1.82) is 0 Å². The Hall–Kier alpha value is -1.10. The Labute approximate surface area is 141 Å². The van der Waals surface area contributed by atoms with Gasteiger partial charge in [0.25, 0.3) is 0 Å². The van der Waals surface area contributed by atoms with Gasteiger partial charge in [0.1, 0.15) is 11.3 Å². The van der Waals surface area contributed by atoms with Gasteiger partial charge in [0, 0.05) is 28.0 Å². The lowest BCUT2D eigenvalue weighted by Crippen LogP contribution is -2.04. The first-order valence-electron chi connectivity index (χ1n) is 6.46. The molecular weight excluding hydrogens is 373 g/mol. The van der Waals surface area contributed by atoms with Crippen molar-refractivity contribution < 1.29 is 0 Å². The van der Waals surface area contributed by atoms with E-state index in [0.717, 1.165) is 32.7 Å². The Bertz CT molecular complexity index is 814. The highest BCUT2D eigenvalue weighted by Gasteiger charge is 2.16. The van der Waals surface area contributed by atoms with E-state index in [4.69, 9.17) is 23.2 Å². The third-order valence-corrected chi connectivity index (χ3v) is 4.50. The molecule has 0 N–H and O–H groups in total. The number of nitrogens with zero attached hydrogens (tertiary/aromatic N) is 3. The number of halogens is 3. The number of fused-ring (bicyclic) bond motifs is 1. The second kappa shape index (κ2) is 5.95. The number of aryl methyl sites for hydroxylation is 2. The second-order valence-electron chi connectivity index (χ2n) is 4.70. The Kier molecular flexibility index (Phi) is 4.20. The van der Waals surface area contributed by atoms with Crippen LogP contribution in [0.15, 0.2) is 34.9 Å². The number of hydrogen-bond donors (Lipinski definition) is 0. The lowest BCUT2D eigenvalue weighted by molar-refractivity contribution is 0.902. The summed E-state index contributed by atoms with van der Waals surface area (Å²) < 4.78 is 2.96. The summed E-state index contributed by atoms with van der Waals surface area (Å²) >= 11 is 15.8. The van der Waals surface area contributed by atoms with Gasteiger partial charge < -0.3 is 0 Å². The minimum atomic E-state index is 0.501. The van der Waals surface area contributed by atoms with Crippen molar-refractivity contribution in [2.45, 2.75) is 13.3 Å². The first-order chi connectivity index (χ1) is 10.1. The molecule has 0 spiro atoms. The van der Waals surface area contributed by atoms with E-state index < -0.39 is 0 Å². The summed E-state index contributed by atoms with van der Waals surface area (Å²) in [7, 11) is 0. The van der Waals surface area contributed by atoms with Crippen LogP contribution in [0.3, 0.4) is 0 Å². The Morgan fingerprint density at radius 2 is 2.14 bits per heavy atom. The molecule has 0 bridgehead atoms. The lowest BCUT2D eigenvalue weighted by atomic mass is 10.2. The van der Waals surface area contributed by atoms with E-state index in [2.05, 4.69) is 25.9 Å². The lowest BCUT2D eigenvalue weighted by Gasteiger charge is -2.12. The molecule has 21 heavy (non-hydrogen) atoms. The maximum absolute atomic E-state index is 6.28. The van der Waals surface area contributed by atoms with Crippen LogP contribution in [0.4, 0.5) is 0 Å². The van der Waals surface area contributed by atoms with Crippen LogP contribution in [-0.4, -0.2) is 20.4 Å². The standard InChI is InChI=1S/C15H12BrCl2N3/c1-9-7-10(16)13(8-11(9)18)21-14(4-5-17)20-12-3-2-6-19-15(12)21/h2-3,6-8H,4-5H2,1H3. The van der Waals surface area contributed by atoms with Gasteiger partial charge >= 0.3 is 0 Å². The quantitative estimate of drug-likeness (QED) is 0.599. The summed E-state index contributed by atoms with van der Waals surface area (Å²) in [5.74, 6) is 1.37. The molecule has 0 aliphatic rings. The summed E-state index contributed by atoms with van der Waals surface area (Å²) in [4.78, 5) is 9.07. The molecule has 0 atom stereocenters. The summed E-state index contributed by atoms with van der Waals surface area (Å²) in [6.07, 6.45) is 2.42. The maximum Gasteiger partial charge on any atom is 0.164 e. The molecule has 0 amide bonds. The van der Waals surface area contributed by atoms with E-state index in [1.165, 1.54) is 0 Å². The van der Waals surface area contributed by atoms with Crippen molar-refractivity contribution in [3.8, 4) is 5.69 Å². The molecule has 0 saturated heterocycles. The van der Waals surface area contributed by atoms with Crippen LogP contribution in [0.1, 0.15) is 11.4 Å². The van der Waals surface area contributed by atoms with Crippen LogP contribution in [-0.2, 0) is 6.42 Å². The Morgan fingerprint density at radius 3 is 2.90 bits per heavy atom. The highest BCUT2D eigenvalue weighted by molar-refractivity contribution is 9.10. The first kappa shape index (κ1) is 14.8. The second-order valence-corrected chi connectivity index (χ2v) is 6.34. The van der Waals surface area contributed by atoms with E-state index in [1.807, 2.05) is 35.8 Å². The zero-order valence-corrected chi connectivity index (χ0v) is 14.4. The fraction of sp³-hybridized carbons (Fsp3) is 0.200. The predicted molar refractivity (Wildman–Crippen MR) is 90.7 cm³/mol. The van der Waals surface area contributed by atoms with Gasteiger partial charge in [-0.25, -0.2) is 9.97 Å². The molecule has 3 nitrogen and oxygen atoms in total. The average Bonchev–Trinajstić information content (AvgIpc) is 2.81. The zero-order chi connectivity index (χ0) is 15.0. The molecule has 2 aromatic heterocycles. The van der Waals surface area contributed by atoms with Crippen LogP contribution in [0.25, 0.3) is 16.9 Å². The van der Waals surface area contributed by atoms with Gasteiger partial charge in [0.15, 0.2) is 5.65 Å². The van der Waals surface area contributed by atoms with Gasteiger partial charge in [0.05, 0.1) is 5.69 Å². The van der Waals surface area contributed by atoms with Gasteiger partial charge in [-0.2, -0.15) is 0 Å². The molecule has 0 aliphatic carbocycles. The number of aromatic nitrogens is 3. The normalized spacial score (nSPS) is 11.2. The molecule has 3 aromatic rings. The van der Waals surface area contributed by atoms with Gasteiger partial charge in [-0.1, -0.05) is 11.6 Å². The molecule has 108 valence electrons. The molecule has 3 rings (SSSR count). The van der Waals surface area contributed by atoms with E-state index >= 15 is 0 Å². The Balaban J connectivity index is 2.32. The molecule has 0 aliphatic heterocycles. The third-order valence-electron chi connectivity index (χ3n) is 3.27. The fourth-order valence-corrected chi connectivity index (χ4v) is 3.23. The summed E-state index contributed by atoms with van der Waals surface area (Å²) in [5, 5.41) is 0.711. The van der Waals surface area contributed by atoms with Crippen molar-refractivity contribution in [2.24, 2.45) is 0 Å². The number of pyridine rings is 1. The number of alkyl halides is 1. The van der Waals surface area contributed by atoms with E-state index in [9.17, 15) is 0 Å². The zero-order valence-electron chi connectivity index (χ0n) is 11.3. The third kappa shape index (κ3) is 2.68. The van der Waals surface area contributed by atoms with Crippen LogP contribution < -0.4 is 0 Å². The molecule has 0 fully saturated rings. The first-order valence-corrected chi connectivity index (χ1v) is 8.16. The highest BCUT2D eigenvalue weighted by atomic mass is 79.9. The fourth-order valence-electron chi connectivity index (χ4n) is 2.27. The molecule has 1 aromatic carbocycles. The highest BCUT2D eigenvalue weighted by Crippen LogP contribution is 2.31. The van der Waals surface area contributed by atoms with Crippen molar-refractivity contribution in [1.82, 2.24) is 14.5 Å². The minimum absolute atomic E-state index is 0.501. The smallest absolute Gasteiger partial charge is 0.164 e.